The minimum absolute atomic E-state index is 0.0956. The average Bonchev–Trinajstić information content (AvgIpc) is 3.77. The Morgan fingerprint density at radius 1 is 1.14 bits per heavy atom. The van der Waals surface area contributed by atoms with Crippen LogP contribution in [0.5, 0.6) is 11.8 Å². The Kier molecular flexibility index (Phi) is 8.15. The van der Waals surface area contributed by atoms with Gasteiger partial charge in [-0.05, 0) is 69.0 Å². The van der Waals surface area contributed by atoms with Gasteiger partial charge in [-0.15, -0.1) is 6.42 Å². The highest BCUT2D eigenvalue weighted by Crippen LogP contribution is 2.43. The molecule has 258 valence electrons. The standard InChI is InChI=1S/C37H44FN7O4/c1-4-28-30(38)9-6-23-16-27(46)17-32(33(23)28)43-15-11-29-31(20-43)40-35(41-34(29)44-18-24-7-8-25(19-44)39-24)49-22-37-12-5-14-45(37)26(10-13-37)21-48-36(47)42(2)3/h1,6,9,16-17,24-26,39,46H,5,7-8,10-15,18-22H2,2-3H3/t24-,25+,26-,37-/m1/s1. The number of anilines is 2. The third-order valence-electron chi connectivity index (χ3n) is 11.3. The molecule has 4 fully saturated rings. The van der Waals surface area contributed by atoms with Gasteiger partial charge in [0.2, 0.25) is 0 Å². The number of ether oxygens (including phenoxy) is 2. The Labute approximate surface area is 286 Å². The van der Waals surface area contributed by atoms with E-state index >= 15 is 0 Å². The Hall–Kier alpha value is -4.34. The van der Waals surface area contributed by atoms with Crippen molar-refractivity contribution >= 4 is 28.4 Å². The largest absolute Gasteiger partial charge is 0.508 e. The van der Waals surface area contributed by atoms with Crippen LogP contribution < -0.4 is 19.9 Å². The molecule has 5 aliphatic rings. The smallest absolute Gasteiger partial charge is 0.409 e. The van der Waals surface area contributed by atoms with Gasteiger partial charge < -0.3 is 34.6 Å². The minimum atomic E-state index is -0.460. The number of phenolic OH excluding ortho intramolecular Hbond substituents is 1. The highest BCUT2D eigenvalue weighted by atomic mass is 19.1. The maximum Gasteiger partial charge on any atom is 0.409 e. The van der Waals surface area contributed by atoms with E-state index in [0.29, 0.717) is 67.3 Å². The first kappa shape index (κ1) is 31.9. The van der Waals surface area contributed by atoms with Crippen LogP contribution in [-0.2, 0) is 17.7 Å². The number of hydrogen-bond donors (Lipinski definition) is 2. The van der Waals surface area contributed by atoms with Crippen LogP contribution in [0.2, 0.25) is 0 Å². The summed E-state index contributed by atoms with van der Waals surface area (Å²) in [5, 5.41) is 15.7. The number of fused-ring (bicyclic) bond motifs is 5. The Morgan fingerprint density at radius 2 is 1.96 bits per heavy atom. The zero-order valence-electron chi connectivity index (χ0n) is 28.3. The number of phenols is 1. The Balaban J connectivity index is 1.10. The first-order valence-electron chi connectivity index (χ1n) is 17.5. The van der Waals surface area contributed by atoms with E-state index in [0.717, 1.165) is 75.2 Å². The quantitative estimate of drug-likeness (QED) is 0.359. The zero-order chi connectivity index (χ0) is 33.9. The number of aromatic nitrogens is 2. The van der Waals surface area contributed by atoms with Crippen LogP contribution in [0, 0.1) is 18.2 Å². The first-order chi connectivity index (χ1) is 23.7. The lowest BCUT2D eigenvalue weighted by atomic mass is 9.95. The molecule has 0 spiro atoms. The van der Waals surface area contributed by atoms with Crippen molar-refractivity contribution in [3.63, 3.8) is 0 Å². The van der Waals surface area contributed by atoms with E-state index in [1.165, 1.54) is 11.0 Å². The summed E-state index contributed by atoms with van der Waals surface area (Å²) in [6, 6.07) is 7.69. The SMILES string of the molecule is C#Cc1c(F)ccc2cc(O)cc(N3CCc4c(nc(OC[C@]56CCCN5[C@@H](COC(=O)N(C)C)CC6)nc4N4C[C@H]5CC[C@@H](C4)N5)C3)c12. The molecular weight excluding hydrogens is 625 g/mol. The topological polar surface area (TPSA) is 107 Å². The van der Waals surface area contributed by atoms with Gasteiger partial charge in [-0.1, -0.05) is 12.0 Å². The molecule has 12 heteroatoms. The predicted molar refractivity (Wildman–Crippen MR) is 185 cm³/mol. The van der Waals surface area contributed by atoms with Gasteiger partial charge in [-0.25, -0.2) is 9.18 Å². The third-order valence-corrected chi connectivity index (χ3v) is 11.3. The van der Waals surface area contributed by atoms with Gasteiger partial charge in [0.25, 0.3) is 0 Å². The second-order valence-corrected chi connectivity index (χ2v) is 14.6. The summed E-state index contributed by atoms with van der Waals surface area (Å²) in [5.74, 6) is 3.12. The number of terminal acetylenes is 1. The monoisotopic (exact) mass is 669 g/mol. The van der Waals surface area contributed by atoms with E-state index in [9.17, 15) is 14.3 Å². The van der Waals surface area contributed by atoms with E-state index in [4.69, 9.17) is 25.9 Å². The number of rotatable bonds is 7. The van der Waals surface area contributed by atoms with E-state index < -0.39 is 5.82 Å². The molecule has 3 aromatic rings. The van der Waals surface area contributed by atoms with Crippen molar-refractivity contribution in [2.75, 3.05) is 63.3 Å². The van der Waals surface area contributed by atoms with Gasteiger partial charge in [0.05, 0.1) is 23.3 Å². The summed E-state index contributed by atoms with van der Waals surface area (Å²) in [6.07, 6.45) is 12.5. The number of hydrogen-bond acceptors (Lipinski definition) is 10. The van der Waals surface area contributed by atoms with Gasteiger partial charge in [0, 0.05) is 74.6 Å². The summed E-state index contributed by atoms with van der Waals surface area (Å²) >= 11 is 0. The lowest BCUT2D eigenvalue weighted by molar-refractivity contribution is 0.0483. The van der Waals surface area contributed by atoms with E-state index in [1.54, 1.807) is 32.3 Å². The van der Waals surface area contributed by atoms with Gasteiger partial charge in [-0.2, -0.15) is 9.97 Å². The molecule has 1 aromatic heterocycles. The number of aromatic hydroxyl groups is 1. The van der Waals surface area contributed by atoms with Crippen molar-refractivity contribution in [1.29, 1.82) is 0 Å². The molecule has 0 unspecified atom stereocenters. The fourth-order valence-corrected chi connectivity index (χ4v) is 8.97. The number of nitrogens with zero attached hydrogens (tertiary/aromatic N) is 6. The van der Waals surface area contributed by atoms with Crippen molar-refractivity contribution in [3.05, 3.63) is 46.9 Å². The molecule has 2 bridgehead atoms. The first-order valence-corrected chi connectivity index (χ1v) is 17.5. The number of amides is 1. The van der Waals surface area contributed by atoms with Gasteiger partial charge in [0.1, 0.15) is 30.6 Å². The molecule has 8 rings (SSSR count). The number of piperazine rings is 1. The lowest BCUT2D eigenvalue weighted by Gasteiger charge is -2.38. The highest BCUT2D eigenvalue weighted by Gasteiger charge is 2.50. The third kappa shape index (κ3) is 5.76. The number of nitrogens with one attached hydrogen (secondary N) is 1. The van der Waals surface area contributed by atoms with Crippen molar-refractivity contribution in [1.82, 2.24) is 25.1 Å². The van der Waals surface area contributed by atoms with Gasteiger partial charge in [0.15, 0.2) is 0 Å². The average molecular weight is 670 g/mol. The molecule has 2 aromatic carbocycles. The Bertz CT molecular complexity index is 1820. The van der Waals surface area contributed by atoms with Crippen LogP contribution in [0.25, 0.3) is 10.8 Å². The summed E-state index contributed by atoms with van der Waals surface area (Å²) in [4.78, 5) is 30.8. The number of benzene rings is 2. The Morgan fingerprint density at radius 3 is 2.73 bits per heavy atom. The van der Waals surface area contributed by atoms with Crippen molar-refractivity contribution in [2.45, 2.75) is 75.2 Å². The van der Waals surface area contributed by atoms with Crippen molar-refractivity contribution in [2.24, 2.45) is 0 Å². The molecule has 6 heterocycles. The fraction of sp³-hybridized carbons (Fsp3) is 0.541. The summed E-state index contributed by atoms with van der Waals surface area (Å²) in [7, 11) is 3.39. The minimum Gasteiger partial charge on any atom is -0.508 e. The molecule has 2 N–H and O–H groups in total. The molecule has 0 aliphatic carbocycles. The molecule has 11 nitrogen and oxygen atoms in total. The lowest BCUT2D eigenvalue weighted by Crippen LogP contribution is -2.52. The van der Waals surface area contributed by atoms with Crippen molar-refractivity contribution < 1.29 is 23.8 Å². The van der Waals surface area contributed by atoms with Crippen molar-refractivity contribution in [3.8, 4) is 24.1 Å². The fourth-order valence-electron chi connectivity index (χ4n) is 8.97. The number of carbonyl (C=O) groups is 1. The zero-order valence-corrected chi connectivity index (χ0v) is 28.3. The van der Waals surface area contributed by atoms with E-state index in [2.05, 4.69) is 25.9 Å². The second kappa shape index (κ2) is 12.5. The number of carbonyl (C=O) groups excluding carboxylic acids is 1. The normalized spacial score (nSPS) is 26.0. The molecule has 0 saturated carbocycles. The molecule has 4 atom stereocenters. The van der Waals surface area contributed by atoms with E-state index in [-0.39, 0.29) is 29.0 Å². The van der Waals surface area contributed by atoms with Crippen LogP contribution in [0.15, 0.2) is 24.3 Å². The highest BCUT2D eigenvalue weighted by molar-refractivity contribution is 6.00. The second-order valence-electron chi connectivity index (χ2n) is 14.6. The molecule has 49 heavy (non-hydrogen) atoms. The predicted octanol–water partition coefficient (Wildman–Crippen LogP) is 4.03. The maximum atomic E-state index is 14.9. The van der Waals surface area contributed by atoms with Crippen LogP contribution in [0.1, 0.15) is 55.3 Å². The molecule has 0 radical (unpaired) electrons. The maximum absolute atomic E-state index is 14.9. The van der Waals surface area contributed by atoms with Crippen LogP contribution in [0.4, 0.5) is 20.7 Å². The summed E-state index contributed by atoms with van der Waals surface area (Å²) in [6.45, 7) is 4.62. The number of halogens is 1. The van der Waals surface area contributed by atoms with Gasteiger partial charge in [-0.3, -0.25) is 4.90 Å². The summed E-state index contributed by atoms with van der Waals surface area (Å²) in [5.41, 5.74) is 2.71. The molecule has 4 saturated heterocycles. The van der Waals surface area contributed by atoms with Crippen LogP contribution >= 0.6 is 0 Å². The molecular formula is C37H44FN7O4. The molecule has 1 amide bonds. The van der Waals surface area contributed by atoms with Crippen LogP contribution in [-0.4, -0.2) is 108 Å². The summed E-state index contributed by atoms with van der Waals surface area (Å²) < 4.78 is 27.1. The van der Waals surface area contributed by atoms with E-state index in [1.807, 2.05) is 0 Å². The molecule has 5 aliphatic heterocycles. The van der Waals surface area contributed by atoms with Gasteiger partial charge >= 0.3 is 12.1 Å². The van der Waals surface area contributed by atoms with Crippen LogP contribution in [0.3, 0.4) is 0 Å².